The minimum atomic E-state index is -0.593. The Morgan fingerprint density at radius 3 is 2.51 bits per heavy atom. The standard InChI is InChI=1S/C26H32N4O3S2/c1-17-8-9-19(15-18(17)2)27-21(31)16-35-23-22(20-7-6-14-34-20)28-26(29-23)10-12-30(13-11-26)24(32)33-25(3,4)5/h6-9,14-15H,10-13,16H2,1-5H3,(H,27,31). The fourth-order valence-corrected chi connectivity index (χ4v) is 5.59. The van der Waals surface area contributed by atoms with Gasteiger partial charge in [-0.25, -0.2) is 9.79 Å². The largest absolute Gasteiger partial charge is 0.444 e. The number of aryl methyl sites for hydroxylation is 2. The van der Waals surface area contributed by atoms with Crippen LogP contribution in [-0.2, 0) is 9.53 Å². The second-order valence-corrected chi connectivity index (χ2v) is 11.9. The molecule has 4 rings (SSSR count). The number of hydrogen-bond acceptors (Lipinski definition) is 7. The summed E-state index contributed by atoms with van der Waals surface area (Å²) in [5.41, 5.74) is 2.86. The fraction of sp³-hybridized carbons (Fsp3) is 0.462. The maximum absolute atomic E-state index is 12.7. The molecule has 1 aromatic carbocycles. The van der Waals surface area contributed by atoms with E-state index in [4.69, 9.17) is 14.7 Å². The molecule has 1 N–H and O–H groups in total. The van der Waals surface area contributed by atoms with Gasteiger partial charge in [-0.2, -0.15) is 0 Å². The number of nitrogens with zero attached hydrogens (tertiary/aromatic N) is 3. The number of piperidine rings is 1. The molecule has 1 spiro atoms. The fourth-order valence-electron chi connectivity index (χ4n) is 3.94. The van der Waals surface area contributed by atoms with Crippen molar-refractivity contribution in [3.8, 4) is 0 Å². The number of amides is 2. The van der Waals surface area contributed by atoms with E-state index in [1.165, 1.54) is 17.3 Å². The first-order valence-corrected chi connectivity index (χ1v) is 13.6. The van der Waals surface area contributed by atoms with Gasteiger partial charge in [0.25, 0.3) is 0 Å². The number of ether oxygens (including phenoxy) is 1. The zero-order valence-electron chi connectivity index (χ0n) is 20.9. The smallest absolute Gasteiger partial charge is 0.410 e. The summed E-state index contributed by atoms with van der Waals surface area (Å²) in [6, 6.07) is 9.94. The van der Waals surface area contributed by atoms with Crippen LogP contribution in [-0.4, -0.2) is 57.8 Å². The number of carbonyl (C=O) groups is 2. The van der Waals surface area contributed by atoms with Crippen LogP contribution in [0.3, 0.4) is 0 Å². The first kappa shape index (κ1) is 25.4. The third kappa shape index (κ3) is 6.32. The molecule has 1 saturated heterocycles. The van der Waals surface area contributed by atoms with Crippen LogP contribution in [0.5, 0.6) is 0 Å². The molecule has 3 heterocycles. The van der Waals surface area contributed by atoms with E-state index in [1.54, 1.807) is 16.2 Å². The normalized spacial score (nSPS) is 17.2. The van der Waals surface area contributed by atoms with Gasteiger partial charge in [-0.1, -0.05) is 23.9 Å². The predicted molar refractivity (Wildman–Crippen MR) is 145 cm³/mol. The summed E-state index contributed by atoms with van der Waals surface area (Å²) in [6.07, 6.45) is 0.953. The molecule has 7 nitrogen and oxygen atoms in total. The van der Waals surface area contributed by atoms with Gasteiger partial charge in [0.2, 0.25) is 5.91 Å². The minimum absolute atomic E-state index is 0.0767. The Kier molecular flexibility index (Phi) is 7.38. The summed E-state index contributed by atoms with van der Waals surface area (Å²) in [5, 5.41) is 5.78. The number of aliphatic imine (C=N–C) groups is 2. The van der Waals surface area contributed by atoms with Gasteiger partial charge in [0.05, 0.1) is 10.6 Å². The SMILES string of the molecule is Cc1ccc(NC(=O)CSC2=NC3(CCN(C(=O)OC(C)(C)C)CC3)N=C2c2cccs2)cc1C. The van der Waals surface area contributed by atoms with Crippen molar-refractivity contribution in [3.63, 3.8) is 0 Å². The Morgan fingerprint density at radius 2 is 1.89 bits per heavy atom. The molecule has 2 aliphatic heterocycles. The van der Waals surface area contributed by atoms with Crippen molar-refractivity contribution in [3.05, 3.63) is 51.7 Å². The van der Waals surface area contributed by atoms with Crippen molar-refractivity contribution < 1.29 is 14.3 Å². The van der Waals surface area contributed by atoms with E-state index >= 15 is 0 Å². The number of carbonyl (C=O) groups excluding carboxylic acids is 2. The number of thioether (sulfide) groups is 1. The molecule has 2 aliphatic rings. The molecule has 9 heteroatoms. The first-order chi connectivity index (χ1) is 16.5. The Morgan fingerprint density at radius 1 is 1.14 bits per heavy atom. The maximum Gasteiger partial charge on any atom is 0.410 e. The van der Waals surface area contributed by atoms with E-state index in [0.717, 1.165) is 26.9 Å². The van der Waals surface area contributed by atoms with Crippen LogP contribution in [0.2, 0.25) is 0 Å². The average Bonchev–Trinajstić information content (AvgIpc) is 3.43. The third-order valence-corrected chi connectivity index (χ3v) is 7.77. The third-order valence-electron chi connectivity index (χ3n) is 5.93. The van der Waals surface area contributed by atoms with Gasteiger partial charge >= 0.3 is 6.09 Å². The van der Waals surface area contributed by atoms with Crippen LogP contribution < -0.4 is 5.32 Å². The van der Waals surface area contributed by atoms with Gasteiger partial charge in [0.15, 0.2) is 5.66 Å². The molecule has 0 bridgehead atoms. The number of likely N-dealkylation sites (tertiary alicyclic amines) is 1. The molecule has 0 aliphatic carbocycles. The van der Waals surface area contributed by atoms with Gasteiger partial charge in [0.1, 0.15) is 16.4 Å². The van der Waals surface area contributed by atoms with Crippen molar-refractivity contribution in [2.45, 2.75) is 58.7 Å². The quantitative estimate of drug-likeness (QED) is 0.573. The predicted octanol–water partition coefficient (Wildman–Crippen LogP) is 5.67. The molecule has 0 radical (unpaired) electrons. The zero-order chi connectivity index (χ0) is 25.2. The molecule has 0 unspecified atom stereocenters. The van der Waals surface area contributed by atoms with Crippen LogP contribution in [0, 0.1) is 13.8 Å². The van der Waals surface area contributed by atoms with Gasteiger partial charge in [0, 0.05) is 31.6 Å². The van der Waals surface area contributed by atoms with E-state index in [9.17, 15) is 9.59 Å². The zero-order valence-corrected chi connectivity index (χ0v) is 22.5. The average molecular weight is 513 g/mol. The monoisotopic (exact) mass is 512 g/mol. The molecule has 2 amide bonds. The maximum atomic E-state index is 12.7. The summed E-state index contributed by atoms with van der Waals surface area (Å²) in [5.74, 6) is 0.170. The van der Waals surface area contributed by atoms with Crippen LogP contribution in [0.4, 0.5) is 10.5 Å². The number of thiophene rings is 1. The lowest BCUT2D eigenvalue weighted by Gasteiger charge is -2.36. The van der Waals surface area contributed by atoms with Crippen LogP contribution >= 0.6 is 23.1 Å². The number of hydrogen-bond donors (Lipinski definition) is 1. The summed E-state index contributed by atoms with van der Waals surface area (Å²) < 4.78 is 5.53. The molecular weight excluding hydrogens is 480 g/mol. The number of rotatable bonds is 4. The van der Waals surface area contributed by atoms with Crippen molar-refractivity contribution >= 4 is 51.5 Å². The Hall–Kier alpha value is -2.65. The molecule has 0 atom stereocenters. The van der Waals surface area contributed by atoms with Crippen molar-refractivity contribution in [1.82, 2.24) is 4.90 Å². The highest BCUT2D eigenvalue weighted by Gasteiger charge is 2.41. The Bertz CT molecular complexity index is 1160. The van der Waals surface area contributed by atoms with Gasteiger partial charge in [-0.05, 0) is 69.3 Å². The van der Waals surface area contributed by atoms with Crippen molar-refractivity contribution in [2.75, 3.05) is 24.2 Å². The highest BCUT2D eigenvalue weighted by molar-refractivity contribution is 8.16. The lowest BCUT2D eigenvalue weighted by atomic mass is 9.99. The van der Waals surface area contributed by atoms with E-state index < -0.39 is 11.3 Å². The lowest BCUT2D eigenvalue weighted by molar-refractivity contribution is -0.113. The Balaban J connectivity index is 1.43. The van der Waals surface area contributed by atoms with Crippen LogP contribution in [0.1, 0.15) is 49.6 Å². The molecule has 1 aromatic heterocycles. The van der Waals surface area contributed by atoms with Crippen molar-refractivity contribution in [2.24, 2.45) is 9.98 Å². The first-order valence-electron chi connectivity index (χ1n) is 11.8. The van der Waals surface area contributed by atoms with E-state index in [0.29, 0.717) is 25.9 Å². The van der Waals surface area contributed by atoms with Crippen LogP contribution in [0.15, 0.2) is 45.7 Å². The topological polar surface area (TPSA) is 83.4 Å². The molecule has 2 aromatic rings. The molecule has 35 heavy (non-hydrogen) atoms. The number of nitrogens with one attached hydrogen (secondary N) is 1. The molecular formula is C26H32N4O3S2. The van der Waals surface area contributed by atoms with Gasteiger partial charge in [-0.15, -0.1) is 11.3 Å². The summed E-state index contributed by atoms with van der Waals surface area (Å²) in [6.45, 7) is 10.8. The van der Waals surface area contributed by atoms with Crippen molar-refractivity contribution in [1.29, 1.82) is 0 Å². The van der Waals surface area contributed by atoms with Gasteiger partial charge in [-0.3, -0.25) is 9.79 Å². The Labute approximate surface area is 215 Å². The lowest BCUT2D eigenvalue weighted by Crippen LogP contribution is -2.46. The molecule has 186 valence electrons. The van der Waals surface area contributed by atoms with E-state index in [1.807, 2.05) is 70.3 Å². The summed E-state index contributed by atoms with van der Waals surface area (Å²) in [7, 11) is 0. The van der Waals surface area contributed by atoms with E-state index in [2.05, 4.69) is 5.32 Å². The number of anilines is 1. The number of benzene rings is 1. The molecule has 0 saturated carbocycles. The molecule has 1 fully saturated rings. The van der Waals surface area contributed by atoms with E-state index in [-0.39, 0.29) is 17.8 Å². The minimum Gasteiger partial charge on any atom is -0.444 e. The van der Waals surface area contributed by atoms with Crippen LogP contribution in [0.25, 0.3) is 0 Å². The highest BCUT2D eigenvalue weighted by atomic mass is 32.2. The van der Waals surface area contributed by atoms with Gasteiger partial charge < -0.3 is 15.0 Å². The highest BCUT2D eigenvalue weighted by Crippen LogP contribution is 2.36. The summed E-state index contributed by atoms with van der Waals surface area (Å²) in [4.78, 5) is 38.0. The second kappa shape index (κ2) is 10.1. The summed E-state index contributed by atoms with van der Waals surface area (Å²) >= 11 is 3.03. The second-order valence-electron chi connectivity index (χ2n) is 9.94.